The Kier molecular flexibility index (Phi) is 5.51. The second-order valence-corrected chi connectivity index (χ2v) is 7.66. The van der Waals surface area contributed by atoms with Crippen LogP contribution in [0.3, 0.4) is 0 Å². The summed E-state index contributed by atoms with van der Waals surface area (Å²) in [6, 6.07) is 6.39. The highest BCUT2D eigenvalue weighted by molar-refractivity contribution is 7.93. The molecular formula is C13H14Cl2N2O2S2. The third-order valence-electron chi connectivity index (χ3n) is 2.73. The normalized spacial score (nSPS) is 11.6. The van der Waals surface area contributed by atoms with Crippen molar-refractivity contribution in [1.29, 1.82) is 0 Å². The van der Waals surface area contributed by atoms with Gasteiger partial charge in [0.1, 0.15) is 4.90 Å². The Labute approximate surface area is 138 Å². The number of sulfonamides is 1. The Morgan fingerprint density at radius 1 is 1.19 bits per heavy atom. The van der Waals surface area contributed by atoms with E-state index in [-0.39, 0.29) is 20.6 Å². The minimum Gasteiger partial charge on any atom is -0.312 e. The Bertz CT molecular complexity index is 709. The zero-order valence-corrected chi connectivity index (χ0v) is 14.3. The van der Waals surface area contributed by atoms with Crippen molar-refractivity contribution in [2.75, 3.05) is 11.3 Å². The average Bonchev–Trinajstić information content (AvgIpc) is 2.90. The van der Waals surface area contributed by atoms with Crippen molar-refractivity contribution < 1.29 is 8.42 Å². The van der Waals surface area contributed by atoms with Crippen LogP contribution in [0, 0.1) is 0 Å². The molecule has 2 rings (SSSR count). The van der Waals surface area contributed by atoms with Gasteiger partial charge in [-0.1, -0.05) is 36.2 Å². The SMILES string of the molecule is CCNCc1sccc1S(=O)(=O)Nc1c(Cl)cccc1Cl. The third-order valence-corrected chi connectivity index (χ3v) is 5.84. The van der Waals surface area contributed by atoms with Crippen molar-refractivity contribution in [2.24, 2.45) is 0 Å². The van der Waals surface area contributed by atoms with Crippen molar-refractivity contribution in [1.82, 2.24) is 5.32 Å². The number of anilines is 1. The Balaban J connectivity index is 2.33. The van der Waals surface area contributed by atoms with Crippen LogP contribution in [-0.2, 0) is 16.6 Å². The van der Waals surface area contributed by atoms with E-state index in [2.05, 4.69) is 10.0 Å². The van der Waals surface area contributed by atoms with Gasteiger partial charge in [0, 0.05) is 11.4 Å². The van der Waals surface area contributed by atoms with Crippen molar-refractivity contribution in [3.05, 3.63) is 44.6 Å². The molecule has 1 heterocycles. The van der Waals surface area contributed by atoms with Crippen molar-refractivity contribution in [3.8, 4) is 0 Å². The van der Waals surface area contributed by atoms with Crippen molar-refractivity contribution >= 4 is 50.2 Å². The van der Waals surface area contributed by atoms with Crippen LogP contribution >= 0.6 is 34.5 Å². The second kappa shape index (κ2) is 6.98. The molecule has 1 aromatic carbocycles. The average molecular weight is 365 g/mol. The Morgan fingerprint density at radius 3 is 2.48 bits per heavy atom. The van der Waals surface area contributed by atoms with E-state index >= 15 is 0 Å². The van der Waals surface area contributed by atoms with E-state index in [0.29, 0.717) is 6.54 Å². The number of para-hydroxylation sites is 1. The molecule has 4 nitrogen and oxygen atoms in total. The third kappa shape index (κ3) is 3.90. The topological polar surface area (TPSA) is 58.2 Å². The first-order valence-corrected chi connectivity index (χ1v) is 9.31. The van der Waals surface area contributed by atoms with Gasteiger partial charge in [-0.25, -0.2) is 8.42 Å². The van der Waals surface area contributed by atoms with Gasteiger partial charge < -0.3 is 5.32 Å². The fourth-order valence-electron chi connectivity index (χ4n) is 1.72. The Hall–Kier alpha value is -0.790. The van der Waals surface area contributed by atoms with E-state index in [1.807, 2.05) is 6.92 Å². The molecule has 0 bridgehead atoms. The van der Waals surface area contributed by atoms with Gasteiger partial charge in [-0.05, 0) is 30.1 Å². The van der Waals surface area contributed by atoms with Crippen LogP contribution in [0.25, 0.3) is 0 Å². The molecule has 8 heteroatoms. The molecular weight excluding hydrogens is 351 g/mol. The van der Waals surface area contributed by atoms with Crippen molar-refractivity contribution in [2.45, 2.75) is 18.4 Å². The van der Waals surface area contributed by atoms with E-state index in [0.717, 1.165) is 11.4 Å². The standard InChI is InChI=1S/C13H14Cl2N2O2S2/c1-2-16-8-11-12(6-7-20-11)21(18,19)17-13-9(14)4-3-5-10(13)15/h3-7,16-17H,2,8H2,1H3. The number of hydrogen-bond donors (Lipinski definition) is 2. The summed E-state index contributed by atoms with van der Waals surface area (Å²) in [5.41, 5.74) is 0.196. The summed E-state index contributed by atoms with van der Waals surface area (Å²) in [6.45, 7) is 3.23. The van der Waals surface area contributed by atoms with Gasteiger partial charge in [0.25, 0.3) is 10.0 Å². The van der Waals surface area contributed by atoms with E-state index < -0.39 is 10.0 Å². The molecule has 0 spiro atoms. The summed E-state index contributed by atoms with van der Waals surface area (Å²) in [5.74, 6) is 0. The van der Waals surface area contributed by atoms with Crippen LogP contribution in [0.5, 0.6) is 0 Å². The lowest BCUT2D eigenvalue weighted by Crippen LogP contribution is -2.17. The molecule has 0 fully saturated rings. The van der Waals surface area contributed by atoms with E-state index in [4.69, 9.17) is 23.2 Å². The molecule has 0 saturated carbocycles. The van der Waals surface area contributed by atoms with Gasteiger partial charge in [0.05, 0.1) is 15.7 Å². The number of hydrogen-bond acceptors (Lipinski definition) is 4. The molecule has 0 saturated heterocycles. The van der Waals surface area contributed by atoms with Crippen LogP contribution < -0.4 is 10.0 Å². The summed E-state index contributed by atoms with van der Waals surface area (Å²) in [7, 11) is -3.72. The van der Waals surface area contributed by atoms with Gasteiger partial charge in [0.15, 0.2) is 0 Å². The van der Waals surface area contributed by atoms with Crippen LogP contribution in [0.1, 0.15) is 11.8 Å². The van der Waals surface area contributed by atoms with E-state index in [1.54, 1.807) is 29.6 Å². The maximum atomic E-state index is 12.5. The predicted octanol–water partition coefficient (Wildman–Crippen LogP) is 3.97. The highest BCUT2D eigenvalue weighted by Gasteiger charge is 2.21. The lowest BCUT2D eigenvalue weighted by atomic mass is 10.3. The van der Waals surface area contributed by atoms with Crippen LogP contribution in [0.4, 0.5) is 5.69 Å². The number of benzene rings is 1. The molecule has 2 N–H and O–H groups in total. The van der Waals surface area contributed by atoms with Crippen LogP contribution in [0.2, 0.25) is 10.0 Å². The molecule has 0 aliphatic heterocycles. The van der Waals surface area contributed by atoms with Gasteiger partial charge >= 0.3 is 0 Å². The predicted molar refractivity (Wildman–Crippen MR) is 89.0 cm³/mol. The summed E-state index contributed by atoms with van der Waals surface area (Å²) in [5, 5.41) is 5.38. The summed E-state index contributed by atoms with van der Waals surface area (Å²) in [4.78, 5) is 0.983. The van der Waals surface area contributed by atoms with Gasteiger partial charge in [0.2, 0.25) is 0 Å². The zero-order valence-electron chi connectivity index (χ0n) is 11.2. The molecule has 1 aromatic heterocycles. The minimum atomic E-state index is -3.72. The van der Waals surface area contributed by atoms with E-state index in [9.17, 15) is 8.42 Å². The molecule has 0 aliphatic rings. The second-order valence-electron chi connectivity index (χ2n) is 4.19. The quantitative estimate of drug-likeness (QED) is 0.815. The molecule has 21 heavy (non-hydrogen) atoms. The number of halogens is 2. The Morgan fingerprint density at radius 2 is 1.86 bits per heavy atom. The van der Waals surface area contributed by atoms with Crippen molar-refractivity contribution in [3.63, 3.8) is 0 Å². The number of rotatable bonds is 6. The maximum absolute atomic E-state index is 12.5. The molecule has 0 unspecified atom stereocenters. The maximum Gasteiger partial charge on any atom is 0.263 e. The van der Waals surface area contributed by atoms with Crippen LogP contribution in [-0.4, -0.2) is 15.0 Å². The zero-order chi connectivity index (χ0) is 15.5. The van der Waals surface area contributed by atoms with Gasteiger partial charge in [-0.2, -0.15) is 0 Å². The highest BCUT2D eigenvalue weighted by atomic mass is 35.5. The first-order chi connectivity index (χ1) is 9.95. The molecule has 0 aliphatic carbocycles. The largest absolute Gasteiger partial charge is 0.312 e. The number of nitrogens with one attached hydrogen (secondary N) is 2. The summed E-state index contributed by atoms with van der Waals surface area (Å²) in [6.07, 6.45) is 0. The minimum absolute atomic E-state index is 0.196. The molecule has 0 atom stereocenters. The molecule has 2 aromatic rings. The first-order valence-electron chi connectivity index (χ1n) is 6.19. The van der Waals surface area contributed by atoms with Gasteiger partial charge in [-0.3, -0.25) is 4.72 Å². The fourth-order valence-corrected chi connectivity index (χ4v) is 4.84. The first kappa shape index (κ1) is 16.6. The van der Waals surface area contributed by atoms with E-state index in [1.165, 1.54) is 11.3 Å². The summed E-state index contributed by atoms with van der Waals surface area (Å²) < 4.78 is 27.5. The van der Waals surface area contributed by atoms with Gasteiger partial charge in [-0.15, -0.1) is 11.3 Å². The van der Waals surface area contributed by atoms with Crippen LogP contribution in [0.15, 0.2) is 34.5 Å². The molecule has 114 valence electrons. The fraction of sp³-hybridized carbons (Fsp3) is 0.231. The summed E-state index contributed by atoms with van der Waals surface area (Å²) >= 11 is 13.4. The lowest BCUT2D eigenvalue weighted by molar-refractivity contribution is 0.599. The number of thiophene rings is 1. The highest BCUT2D eigenvalue weighted by Crippen LogP contribution is 2.33. The molecule has 0 amide bonds. The smallest absolute Gasteiger partial charge is 0.263 e. The molecule has 0 radical (unpaired) electrons. The monoisotopic (exact) mass is 364 g/mol. The lowest BCUT2D eigenvalue weighted by Gasteiger charge is -2.11.